The van der Waals surface area contributed by atoms with Gasteiger partial charge in [0.1, 0.15) is 0 Å². The molecule has 7 nitrogen and oxygen atoms in total. The molecule has 0 N–H and O–H groups in total. The van der Waals surface area contributed by atoms with Crippen molar-refractivity contribution in [2.75, 3.05) is 11.4 Å². The van der Waals surface area contributed by atoms with Crippen molar-refractivity contribution in [1.82, 2.24) is 24.1 Å². The van der Waals surface area contributed by atoms with Gasteiger partial charge < -0.3 is 4.90 Å². The van der Waals surface area contributed by atoms with E-state index in [0.29, 0.717) is 24.1 Å². The van der Waals surface area contributed by atoms with Gasteiger partial charge in [0.15, 0.2) is 11.6 Å². The number of aromatic nitrogens is 5. The van der Waals surface area contributed by atoms with Crippen molar-refractivity contribution < 1.29 is 0 Å². The number of aliphatic imine (C=N–C) groups is 1. The van der Waals surface area contributed by atoms with Gasteiger partial charge in [-0.1, -0.05) is 158 Å². The third-order valence-corrected chi connectivity index (χ3v) is 10.6. The predicted octanol–water partition coefficient (Wildman–Crippen LogP) is 11.2. The average molecular weight is 720 g/mol. The number of benzene rings is 7. The summed E-state index contributed by atoms with van der Waals surface area (Å²) in [6.45, 7) is 0.647. The number of hydrogen-bond acceptors (Lipinski definition) is 5. The molecule has 1 aliphatic heterocycles. The smallest absolute Gasteiger partial charge is 0.238 e. The molecule has 0 unspecified atom stereocenters. The van der Waals surface area contributed by atoms with Crippen LogP contribution in [-0.2, 0) is 0 Å². The van der Waals surface area contributed by atoms with Gasteiger partial charge in [-0.2, -0.15) is 9.97 Å². The predicted molar refractivity (Wildman–Crippen MR) is 229 cm³/mol. The Morgan fingerprint density at radius 2 is 0.857 bits per heavy atom. The summed E-state index contributed by atoms with van der Waals surface area (Å²) < 4.78 is 4.58. The topological polar surface area (TPSA) is 64.1 Å². The van der Waals surface area contributed by atoms with E-state index in [4.69, 9.17) is 19.9 Å². The Hall–Kier alpha value is -7.64. The zero-order chi connectivity index (χ0) is 37.0. The first-order valence-corrected chi connectivity index (χ1v) is 18.8. The van der Waals surface area contributed by atoms with Gasteiger partial charge in [-0.3, -0.25) is 9.13 Å². The first-order valence-electron chi connectivity index (χ1n) is 18.8. The Morgan fingerprint density at radius 3 is 1.43 bits per heavy atom. The van der Waals surface area contributed by atoms with E-state index in [1.165, 1.54) is 0 Å². The van der Waals surface area contributed by atoms with E-state index in [2.05, 4.69) is 135 Å². The Kier molecular flexibility index (Phi) is 7.41. The molecule has 264 valence electrons. The van der Waals surface area contributed by atoms with Crippen molar-refractivity contribution in [2.24, 2.45) is 4.99 Å². The summed E-state index contributed by atoms with van der Waals surface area (Å²) in [5.41, 5.74) is 9.00. The van der Waals surface area contributed by atoms with Gasteiger partial charge in [0.2, 0.25) is 11.9 Å². The minimum atomic E-state index is 0.545. The van der Waals surface area contributed by atoms with Crippen molar-refractivity contribution in [3.05, 3.63) is 194 Å². The lowest BCUT2D eigenvalue weighted by molar-refractivity contribution is 0.953. The van der Waals surface area contributed by atoms with E-state index in [9.17, 15) is 0 Å². The second-order valence-electron chi connectivity index (χ2n) is 13.9. The zero-order valence-electron chi connectivity index (χ0n) is 30.2. The average Bonchev–Trinajstić information content (AvgIpc) is 3.80. The van der Waals surface area contributed by atoms with Gasteiger partial charge in [0, 0.05) is 44.9 Å². The fourth-order valence-corrected chi connectivity index (χ4v) is 8.08. The van der Waals surface area contributed by atoms with Crippen LogP contribution in [0.5, 0.6) is 0 Å². The van der Waals surface area contributed by atoms with Crippen LogP contribution in [0.1, 0.15) is 5.56 Å². The molecule has 0 saturated carbocycles. The van der Waals surface area contributed by atoms with Crippen LogP contribution in [0.2, 0.25) is 0 Å². The number of nitrogens with zero attached hydrogens (tertiary/aromatic N) is 7. The molecular weight excluding hydrogens is 687 g/mol. The highest BCUT2D eigenvalue weighted by Gasteiger charge is 2.28. The third-order valence-electron chi connectivity index (χ3n) is 10.6. The number of anilines is 1. The molecule has 7 aromatic carbocycles. The van der Waals surface area contributed by atoms with Crippen molar-refractivity contribution in [2.45, 2.75) is 0 Å². The van der Waals surface area contributed by atoms with Crippen LogP contribution >= 0.6 is 0 Å². The Balaban J connectivity index is 1.28. The van der Waals surface area contributed by atoms with E-state index in [0.717, 1.165) is 77.6 Å². The monoisotopic (exact) mass is 719 g/mol. The van der Waals surface area contributed by atoms with Crippen molar-refractivity contribution in [1.29, 1.82) is 0 Å². The lowest BCUT2D eigenvalue weighted by Crippen LogP contribution is -2.38. The van der Waals surface area contributed by atoms with Crippen LogP contribution < -0.4 is 4.90 Å². The summed E-state index contributed by atoms with van der Waals surface area (Å²) in [7, 11) is 0. The van der Waals surface area contributed by atoms with Gasteiger partial charge in [-0.05, 0) is 35.9 Å². The fourth-order valence-electron chi connectivity index (χ4n) is 8.08. The normalized spacial score (nSPS) is 13.1. The summed E-state index contributed by atoms with van der Waals surface area (Å²) in [6.07, 6.45) is 2.22. The van der Waals surface area contributed by atoms with E-state index in [1.54, 1.807) is 0 Å². The molecule has 0 fully saturated rings. The first-order chi connectivity index (χ1) is 27.8. The molecule has 0 radical (unpaired) electrons. The SMILES string of the molecule is C1=C(c2ccccc2)N=C(n2c3ccccc3c3ccc4c5ccccc5n(-c5nc(-c6ccccc6)nc(-c6ccccc6)n5)c4c32)N(c2ccccc2)C1. The highest BCUT2D eigenvalue weighted by molar-refractivity contribution is 6.27. The Labute approximate surface area is 322 Å². The largest absolute Gasteiger partial charge is 0.308 e. The molecule has 11 rings (SSSR count). The molecule has 0 amide bonds. The van der Waals surface area contributed by atoms with Gasteiger partial charge in [-0.25, -0.2) is 9.98 Å². The van der Waals surface area contributed by atoms with E-state index in [1.807, 2.05) is 66.7 Å². The minimum Gasteiger partial charge on any atom is -0.308 e. The van der Waals surface area contributed by atoms with Crippen LogP contribution in [0.25, 0.3) is 78.0 Å². The van der Waals surface area contributed by atoms with Gasteiger partial charge in [0.05, 0.1) is 27.8 Å². The number of rotatable bonds is 5. The van der Waals surface area contributed by atoms with Crippen LogP contribution in [0, 0.1) is 0 Å². The highest BCUT2D eigenvalue weighted by atomic mass is 15.3. The van der Waals surface area contributed by atoms with Gasteiger partial charge in [-0.15, -0.1) is 0 Å². The molecule has 0 aliphatic carbocycles. The van der Waals surface area contributed by atoms with Crippen molar-refractivity contribution in [3.8, 4) is 28.7 Å². The van der Waals surface area contributed by atoms with Crippen LogP contribution in [0.15, 0.2) is 193 Å². The minimum absolute atomic E-state index is 0.545. The van der Waals surface area contributed by atoms with E-state index in [-0.39, 0.29) is 0 Å². The van der Waals surface area contributed by atoms with Crippen molar-refractivity contribution >= 4 is 61.0 Å². The van der Waals surface area contributed by atoms with Crippen LogP contribution in [0.3, 0.4) is 0 Å². The lowest BCUT2D eigenvalue weighted by Gasteiger charge is -2.30. The molecule has 0 spiro atoms. The summed E-state index contributed by atoms with van der Waals surface area (Å²) >= 11 is 0. The molecule has 3 aromatic heterocycles. The molecule has 4 heterocycles. The molecular formula is C49H33N7. The van der Waals surface area contributed by atoms with Gasteiger partial charge in [0.25, 0.3) is 0 Å². The number of para-hydroxylation sites is 3. The van der Waals surface area contributed by atoms with Gasteiger partial charge >= 0.3 is 0 Å². The number of hydrogen-bond donors (Lipinski definition) is 0. The summed E-state index contributed by atoms with van der Waals surface area (Å²) in [6, 6.07) is 62.9. The molecule has 0 bridgehead atoms. The molecule has 7 heteroatoms. The first kappa shape index (κ1) is 31.8. The van der Waals surface area contributed by atoms with Crippen molar-refractivity contribution in [3.63, 3.8) is 0 Å². The second kappa shape index (κ2) is 13.0. The third kappa shape index (κ3) is 5.13. The Morgan fingerprint density at radius 1 is 0.393 bits per heavy atom. The number of fused-ring (bicyclic) bond motifs is 7. The van der Waals surface area contributed by atoms with Crippen LogP contribution in [0.4, 0.5) is 5.69 Å². The summed E-state index contributed by atoms with van der Waals surface area (Å²) in [4.78, 5) is 23.4. The standard InChI is InChI=1S/C49H33N7/c1-5-17-33(18-6-1)41-31-32-54(36-23-11-4-12-24-36)49(50-41)56-43-28-16-14-26-38(43)40-30-29-39-37-25-13-15-27-42(37)55(44(39)45(40)56)48-52-46(34-19-7-2-8-20-34)51-47(53-48)35-21-9-3-10-22-35/h1-31H,32H2. The molecule has 1 aliphatic rings. The lowest BCUT2D eigenvalue weighted by atomic mass is 10.1. The van der Waals surface area contributed by atoms with E-state index >= 15 is 0 Å². The quantitative estimate of drug-likeness (QED) is 0.178. The van der Waals surface area contributed by atoms with Crippen LogP contribution in [-0.4, -0.2) is 36.6 Å². The fraction of sp³-hybridized carbons (Fsp3) is 0.0204. The summed E-state index contributed by atoms with van der Waals surface area (Å²) in [5, 5.41) is 4.46. The Bertz CT molecular complexity index is 3090. The molecule has 56 heavy (non-hydrogen) atoms. The molecule has 0 saturated heterocycles. The van der Waals surface area contributed by atoms with E-state index < -0.39 is 0 Å². The summed E-state index contributed by atoms with van der Waals surface area (Å²) in [5.74, 6) is 2.58. The molecule has 10 aromatic rings. The maximum absolute atomic E-state index is 5.54. The molecule has 0 atom stereocenters. The highest BCUT2D eigenvalue weighted by Crippen LogP contribution is 2.41. The maximum atomic E-state index is 5.54. The second-order valence-corrected chi connectivity index (χ2v) is 13.9. The maximum Gasteiger partial charge on any atom is 0.238 e. The zero-order valence-corrected chi connectivity index (χ0v) is 30.2.